The molecular formula is C6H6BN3O2S. The van der Waals surface area contributed by atoms with E-state index in [-0.39, 0.29) is 0 Å². The number of rotatable bonds is 1. The Hall–Kier alpha value is -1.18. The minimum Gasteiger partial charge on any atom is -0.423 e. The molecule has 13 heavy (non-hydrogen) atoms. The van der Waals surface area contributed by atoms with E-state index >= 15 is 0 Å². The lowest BCUT2D eigenvalue weighted by Gasteiger charge is -1.95. The van der Waals surface area contributed by atoms with Gasteiger partial charge in [0.25, 0.3) is 0 Å². The lowest BCUT2D eigenvalue weighted by Crippen LogP contribution is -2.29. The quantitative estimate of drug-likeness (QED) is 0.505. The number of fused-ring (bicyclic) bond motifs is 1. The van der Waals surface area contributed by atoms with E-state index < -0.39 is 7.12 Å². The number of nitrogens with zero attached hydrogens (tertiary/aromatic N) is 2. The lowest BCUT2D eigenvalue weighted by molar-refractivity contribution is 0.425. The van der Waals surface area contributed by atoms with E-state index in [4.69, 9.17) is 15.8 Å². The molecule has 2 aromatic heterocycles. The molecule has 2 heterocycles. The van der Waals surface area contributed by atoms with Crippen molar-refractivity contribution < 1.29 is 10.0 Å². The molecule has 7 heteroatoms. The first kappa shape index (κ1) is 8.42. The van der Waals surface area contributed by atoms with Gasteiger partial charge in [-0.25, -0.2) is 9.97 Å². The van der Waals surface area contributed by atoms with Crippen LogP contribution in [0.3, 0.4) is 0 Å². The van der Waals surface area contributed by atoms with Gasteiger partial charge in [-0.15, -0.1) is 0 Å². The zero-order valence-electron chi connectivity index (χ0n) is 6.51. The SMILES string of the molecule is Nc1nc2cc(B(O)O)cnc2s1. The molecule has 2 aromatic rings. The maximum Gasteiger partial charge on any atom is 0.490 e. The molecule has 0 aliphatic heterocycles. The highest BCUT2D eigenvalue weighted by molar-refractivity contribution is 7.21. The molecule has 0 radical (unpaired) electrons. The molecule has 0 aliphatic rings. The summed E-state index contributed by atoms with van der Waals surface area (Å²) in [5.74, 6) is 0. The van der Waals surface area contributed by atoms with Crippen molar-refractivity contribution >= 4 is 39.4 Å². The van der Waals surface area contributed by atoms with Crippen molar-refractivity contribution in [3.05, 3.63) is 12.3 Å². The van der Waals surface area contributed by atoms with Crippen LogP contribution in [0.15, 0.2) is 12.3 Å². The molecule has 0 aromatic carbocycles. The van der Waals surface area contributed by atoms with Gasteiger partial charge in [0.05, 0.1) is 0 Å². The summed E-state index contributed by atoms with van der Waals surface area (Å²) in [7, 11) is -1.51. The van der Waals surface area contributed by atoms with Crippen LogP contribution in [0.1, 0.15) is 0 Å². The number of pyridine rings is 1. The Morgan fingerprint density at radius 1 is 1.46 bits per heavy atom. The normalized spacial score (nSPS) is 10.6. The molecular weight excluding hydrogens is 189 g/mol. The van der Waals surface area contributed by atoms with Crippen molar-refractivity contribution in [1.82, 2.24) is 9.97 Å². The average Bonchev–Trinajstić information content (AvgIpc) is 2.42. The summed E-state index contributed by atoms with van der Waals surface area (Å²) in [6.07, 6.45) is 1.39. The van der Waals surface area contributed by atoms with E-state index in [1.807, 2.05) is 0 Å². The zero-order valence-corrected chi connectivity index (χ0v) is 7.32. The Kier molecular flexibility index (Phi) is 1.91. The van der Waals surface area contributed by atoms with Gasteiger partial charge in [-0.3, -0.25) is 0 Å². The van der Waals surface area contributed by atoms with Crippen LogP contribution in [0.4, 0.5) is 5.13 Å². The van der Waals surface area contributed by atoms with Crippen molar-refractivity contribution in [2.45, 2.75) is 0 Å². The molecule has 0 aliphatic carbocycles. The highest BCUT2D eigenvalue weighted by Crippen LogP contribution is 2.19. The first-order valence-corrected chi connectivity index (χ1v) is 4.36. The maximum atomic E-state index is 8.85. The highest BCUT2D eigenvalue weighted by Gasteiger charge is 2.13. The number of nitrogens with two attached hydrogens (primary N) is 1. The Morgan fingerprint density at radius 3 is 2.92 bits per heavy atom. The molecule has 0 saturated heterocycles. The third-order valence-electron chi connectivity index (χ3n) is 1.58. The summed E-state index contributed by atoms with van der Waals surface area (Å²) in [6, 6.07) is 1.56. The number of thiazole rings is 1. The van der Waals surface area contributed by atoms with E-state index in [9.17, 15) is 0 Å². The van der Waals surface area contributed by atoms with Gasteiger partial charge in [-0.2, -0.15) is 0 Å². The fourth-order valence-corrected chi connectivity index (χ4v) is 1.65. The summed E-state index contributed by atoms with van der Waals surface area (Å²) in [6.45, 7) is 0. The minimum atomic E-state index is -1.51. The van der Waals surface area contributed by atoms with Crippen LogP contribution < -0.4 is 11.2 Å². The van der Waals surface area contributed by atoms with Crippen LogP contribution in [0, 0.1) is 0 Å². The number of nitrogen functional groups attached to an aromatic ring is 1. The average molecular weight is 195 g/mol. The summed E-state index contributed by atoms with van der Waals surface area (Å²) in [4.78, 5) is 8.64. The standard InChI is InChI=1S/C6H6BN3O2S/c8-6-10-4-1-3(7(11)12)2-9-5(4)13-6/h1-2,11-12H,(H2,8,10). The van der Waals surface area contributed by atoms with Crippen molar-refractivity contribution in [3.63, 3.8) is 0 Å². The monoisotopic (exact) mass is 195 g/mol. The number of hydrogen-bond donors (Lipinski definition) is 3. The molecule has 5 nitrogen and oxygen atoms in total. The van der Waals surface area contributed by atoms with Crippen LogP contribution in [-0.2, 0) is 0 Å². The van der Waals surface area contributed by atoms with E-state index in [1.54, 1.807) is 6.07 Å². The van der Waals surface area contributed by atoms with E-state index in [0.29, 0.717) is 20.9 Å². The van der Waals surface area contributed by atoms with Gasteiger partial charge < -0.3 is 15.8 Å². The third kappa shape index (κ3) is 1.49. The molecule has 0 bridgehead atoms. The predicted octanol–water partition coefficient (Wildman–Crippen LogP) is -1.05. The fraction of sp³-hybridized carbons (Fsp3) is 0. The second kappa shape index (κ2) is 2.95. The summed E-state index contributed by atoms with van der Waals surface area (Å²) >= 11 is 1.26. The van der Waals surface area contributed by atoms with Crippen LogP contribution in [-0.4, -0.2) is 27.1 Å². The zero-order chi connectivity index (χ0) is 9.42. The molecule has 2 rings (SSSR count). The third-order valence-corrected chi connectivity index (χ3v) is 2.39. The summed E-state index contributed by atoms with van der Waals surface area (Å²) in [5, 5.41) is 18.1. The van der Waals surface area contributed by atoms with Gasteiger partial charge in [0, 0.05) is 11.7 Å². The van der Waals surface area contributed by atoms with Gasteiger partial charge in [-0.05, 0) is 6.07 Å². The number of anilines is 1. The van der Waals surface area contributed by atoms with Crippen LogP contribution in [0.5, 0.6) is 0 Å². The molecule has 0 amide bonds. The van der Waals surface area contributed by atoms with Crippen molar-refractivity contribution in [1.29, 1.82) is 0 Å². The van der Waals surface area contributed by atoms with E-state index in [0.717, 1.165) is 0 Å². The van der Waals surface area contributed by atoms with Crippen molar-refractivity contribution in [2.75, 3.05) is 5.73 Å². The van der Waals surface area contributed by atoms with Gasteiger partial charge >= 0.3 is 7.12 Å². The Morgan fingerprint density at radius 2 is 2.23 bits per heavy atom. The Bertz CT molecular complexity index is 444. The molecule has 0 spiro atoms. The van der Waals surface area contributed by atoms with Gasteiger partial charge in [0.15, 0.2) is 5.13 Å². The molecule has 0 atom stereocenters. The summed E-state index contributed by atoms with van der Waals surface area (Å²) < 4.78 is 0. The summed E-state index contributed by atoms with van der Waals surface area (Å²) in [5.41, 5.74) is 6.37. The van der Waals surface area contributed by atoms with Gasteiger partial charge in [-0.1, -0.05) is 11.3 Å². The number of aromatic nitrogens is 2. The second-order valence-corrected chi connectivity index (χ2v) is 3.53. The van der Waals surface area contributed by atoms with Crippen LogP contribution in [0.25, 0.3) is 10.3 Å². The van der Waals surface area contributed by atoms with Crippen LogP contribution in [0.2, 0.25) is 0 Å². The first-order chi connectivity index (χ1) is 6.16. The van der Waals surface area contributed by atoms with Gasteiger partial charge in [0.1, 0.15) is 10.3 Å². The number of hydrogen-bond acceptors (Lipinski definition) is 6. The topological polar surface area (TPSA) is 92.3 Å². The minimum absolute atomic E-state index is 0.317. The largest absolute Gasteiger partial charge is 0.490 e. The molecule has 66 valence electrons. The second-order valence-electron chi connectivity index (χ2n) is 2.52. The van der Waals surface area contributed by atoms with Gasteiger partial charge in [0.2, 0.25) is 0 Å². The predicted molar refractivity (Wildman–Crippen MR) is 51.7 cm³/mol. The van der Waals surface area contributed by atoms with Crippen molar-refractivity contribution in [3.8, 4) is 0 Å². The Balaban J connectivity index is 2.61. The molecule has 0 unspecified atom stereocenters. The Labute approximate surface area is 78.0 Å². The first-order valence-electron chi connectivity index (χ1n) is 3.55. The highest BCUT2D eigenvalue weighted by atomic mass is 32.1. The molecule has 0 saturated carbocycles. The van der Waals surface area contributed by atoms with Crippen LogP contribution >= 0.6 is 11.3 Å². The molecule has 0 fully saturated rings. The lowest BCUT2D eigenvalue weighted by atomic mass is 9.82. The van der Waals surface area contributed by atoms with Crippen molar-refractivity contribution in [2.24, 2.45) is 0 Å². The molecule has 4 N–H and O–H groups in total. The van der Waals surface area contributed by atoms with E-state index in [2.05, 4.69) is 9.97 Å². The van der Waals surface area contributed by atoms with E-state index in [1.165, 1.54) is 17.5 Å². The fourth-order valence-electron chi connectivity index (χ4n) is 0.997. The smallest absolute Gasteiger partial charge is 0.423 e. The maximum absolute atomic E-state index is 8.85.